The number of hydrogen-bond donors (Lipinski definition) is 0. The Bertz CT molecular complexity index is 641. The van der Waals surface area contributed by atoms with Gasteiger partial charge in [0.15, 0.2) is 11.0 Å². The van der Waals surface area contributed by atoms with Crippen LogP contribution in [-0.4, -0.2) is 9.90 Å². The van der Waals surface area contributed by atoms with Gasteiger partial charge in [-0.3, -0.25) is 0 Å². The number of fused-ring (bicyclic) bond motifs is 1. The highest BCUT2D eigenvalue weighted by atomic mass is 15.5. The highest BCUT2D eigenvalue weighted by molar-refractivity contribution is 5.70. The average molecular weight is 224 g/mol. The molecule has 3 nitrogen and oxygen atoms in total. The summed E-state index contributed by atoms with van der Waals surface area (Å²) in [7, 11) is 1.98. The fraction of sp³-hybridized carbons (Fsp3) is 0.143. The average Bonchev–Trinajstić information content (AvgIpc) is 2.69. The van der Waals surface area contributed by atoms with Crippen molar-refractivity contribution >= 4 is 11.0 Å². The molecule has 0 radical (unpaired) electrons. The molecule has 0 saturated heterocycles. The first-order valence-corrected chi connectivity index (χ1v) is 5.70. The molecule has 0 aliphatic heterocycles. The fourth-order valence-electron chi connectivity index (χ4n) is 2.09. The van der Waals surface area contributed by atoms with E-state index in [0.717, 1.165) is 12.1 Å². The van der Waals surface area contributed by atoms with Crippen molar-refractivity contribution in [1.29, 1.82) is 0 Å². The number of nitrogens with zero attached hydrogens (tertiary/aromatic N) is 3. The van der Waals surface area contributed by atoms with Gasteiger partial charge in [0.2, 0.25) is 0 Å². The van der Waals surface area contributed by atoms with Gasteiger partial charge in [-0.1, -0.05) is 42.5 Å². The molecule has 2 aromatic carbocycles. The molecule has 0 aliphatic carbocycles. The first kappa shape index (κ1) is 10.0. The summed E-state index contributed by atoms with van der Waals surface area (Å²) in [6, 6.07) is 18.7. The van der Waals surface area contributed by atoms with Gasteiger partial charge in [-0.15, -0.1) is 9.36 Å². The molecule has 0 spiro atoms. The molecule has 0 bridgehead atoms. The third-order valence-electron chi connectivity index (χ3n) is 2.93. The maximum Gasteiger partial charge on any atom is 0.198 e. The lowest BCUT2D eigenvalue weighted by Gasteiger charge is -1.95. The normalized spacial score (nSPS) is 10.9. The number of hydrogen-bond acceptors (Lipinski definition) is 1. The van der Waals surface area contributed by atoms with Crippen LogP contribution in [0.1, 0.15) is 5.56 Å². The van der Waals surface area contributed by atoms with E-state index in [-0.39, 0.29) is 0 Å². The first-order valence-electron chi connectivity index (χ1n) is 5.70. The zero-order chi connectivity index (χ0) is 11.7. The van der Waals surface area contributed by atoms with E-state index in [9.17, 15) is 0 Å². The molecule has 84 valence electrons. The van der Waals surface area contributed by atoms with Crippen molar-refractivity contribution in [3.63, 3.8) is 0 Å². The lowest BCUT2D eigenvalue weighted by Crippen LogP contribution is -2.37. The van der Waals surface area contributed by atoms with Gasteiger partial charge in [0, 0.05) is 0 Å². The predicted octanol–water partition coefficient (Wildman–Crippen LogP) is 1.91. The Morgan fingerprint density at radius 2 is 1.71 bits per heavy atom. The van der Waals surface area contributed by atoms with Crippen molar-refractivity contribution in [2.75, 3.05) is 0 Å². The van der Waals surface area contributed by atoms with Crippen molar-refractivity contribution in [1.82, 2.24) is 9.90 Å². The van der Waals surface area contributed by atoms with E-state index < -0.39 is 0 Å². The second-order valence-corrected chi connectivity index (χ2v) is 4.15. The molecule has 0 N–H and O–H groups in total. The van der Waals surface area contributed by atoms with E-state index in [1.165, 1.54) is 11.1 Å². The van der Waals surface area contributed by atoms with Gasteiger partial charge in [0.25, 0.3) is 0 Å². The van der Waals surface area contributed by atoms with Crippen LogP contribution in [0.5, 0.6) is 0 Å². The minimum atomic E-state index is 0.808. The molecule has 0 fully saturated rings. The molecule has 1 heterocycles. The van der Waals surface area contributed by atoms with Crippen molar-refractivity contribution in [2.24, 2.45) is 7.05 Å². The highest BCUT2D eigenvalue weighted by Crippen LogP contribution is 2.08. The molecule has 0 unspecified atom stereocenters. The van der Waals surface area contributed by atoms with Gasteiger partial charge in [0.05, 0.1) is 5.21 Å². The van der Waals surface area contributed by atoms with Gasteiger partial charge < -0.3 is 0 Å². The first-order chi connectivity index (χ1) is 8.34. The van der Waals surface area contributed by atoms with Crippen LogP contribution in [0.3, 0.4) is 0 Å². The third kappa shape index (κ3) is 1.80. The highest BCUT2D eigenvalue weighted by Gasteiger charge is 2.14. The maximum atomic E-state index is 4.52. The molecule has 0 atom stereocenters. The van der Waals surface area contributed by atoms with Crippen molar-refractivity contribution < 1.29 is 4.68 Å². The smallest absolute Gasteiger partial charge is 0.132 e. The lowest BCUT2D eigenvalue weighted by atomic mass is 10.2. The summed E-state index contributed by atoms with van der Waals surface area (Å²) in [5, 5.41) is 4.52. The Morgan fingerprint density at radius 3 is 2.53 bits per heavy atom. The van der Waals surface area contributed by atoms with Crippen LogP contribution in [0.2, 0.25) is 0 Å². The lowest BCUT2D eigenvalue weighted by molar-refractivity contribution is -0.724. The third-order valence-corrected chi connectivity index (χ3v) is 2.93. The van der Waals surface area contributed by atoms with E-state index in [2.05, 4.69) is 41.6 Å². The Balaban J connectivity index is 2.07. The summed E-state index contributed by atoms with van der Waals surface area (Å²) in [6.07, 6.45) is 0. The Labute approximate surface area is 99.9 Å². The van der Waals surface area contributed by atoms with Crippen LogP contribution < -0.4 is 4.68 Å². The molecule has 17 heavy (non-hydrogen) atoms. The maximum absolute atomic E-state index is 4.52. The predicted molar refractivity (Wildman–Crippen MR) is 66.5 cm³/mol. The van der Waals surface area contributed by atoms with Crippen molar-refractivity contribution in [3.05, 3.63) is 60.2 Å². The van der Waals surface area contributed by atoms with E-state index >= 15 is 0 Å². The van der Waals surface area contributed by atoms with E-state index in [0.29, 0.717) is 0 Å². The Hall–Kier alpha value is -2.16. The summed E-state index contributed by atoms with van der Waals surface area (Å²) in [5.74, 6) is 0. The number of benzene rings is 2. The Morgan fingerprint density at radius 1 is 1.00 bits per heavy atom. The summed E-state index contributed by atoms with van der Waals surface area (Å²) in [5.41, 5.74) is 3.59. The number of aryl methyl sites for hydroxylation is 1. The van der Waals surface area contributed by atoms with E-state index in [1.54, 1.807) is 0 Å². The van der Waals surface area contributed by atoms with Crippen molar-refractivity contribution in [3.8, 4) is 0 Å². The minimum Gasteiger partial charge on any atom is -0.132 e. The van der Waals surface area contributed by atoms with Crippen molar-refractivity contribution in [2.45, 2.75) is 6.54 Å². The minimum absolute atomic E-state index is 0.808. The van der Waals surface area contributed by atoms with Gasteiger partial charge >= 0.3 is 0 Å². The molecule has 3 heteroatoms. The Kier molecular flexibility index (Phi) is 2.37. The van der Waals surface area contributed by atoms with Gasteiger partial charge in [-0.25, -0.2) is 0 Å². The molecule has 1 aromatic heterocycles. The van der Waals surface area contributed by atoms with Crippen LogP contribution in [0.25, 0.3) is 11.0 Å². The summed E-state index contributed by atoms with van der Waals surface area (Å²) >= 11 is 0. The van der Waals surface area contributed by atoms with Crippen LogP contribution in [-0.2, 0) is 13.6 Å². The molecular formula is C14H14N3+. The second kappa shape index (κ2) is 4.01. The van der Waals surface area contributed by atoms with Crippen LogP contribution in [0, 0.1) is 0 Å². The standard InChI is InChI=1S/C14H14N3/c1-16-13-9-5-6-10-14(13)17(15-16)11-12-7-3-2-4-8-12/h2-10H,11H2,1H3/q+1. The molecule has 3 rings (SSSR count). The van der Waals surface area contributed by atoms with Gasteiger partial charge in [-0.05, 0) is 17.7 Å². The van der Waals surface area contributed by atoms with Gasteiger partial charge in [0.1, 0.15) is 13.6 Å². The van der Waals surface area contributed by atoms with E-state index in [4.69, 9.17) is 0 Å². The SMILES string of the molecule is Cn1n[n+](Cc2ccccc2)c2ccccc21. The summed E-state index contributed by atoms with van der Waals surface area (Å²) in [4.78, 5) is 0. The fourth-order valence-corrected chi connectivity index (χ4v) is 2.09. The molecule has 0 amide bonds. The van der Waals surface area contributed by atoms with Crippen LogP contribution in [0.15, 0.2) is 54.6 Å². The van der Waals surface area contributed by atoms with E-state index in [1.807, 2.05) is 34.6 Å². The zero-order valence-corrected chi connectivity index (χ0v) is 9.74. The molecule has 0 aliphatic rings. The monoisotopic (exact) mass is 224 g/mol. The van der Waals surface area contributed by atoms with Gasteiger partial charge in [-0.2, -0.15) is 0 Å². The van der Waals surface area contributed by atoms with Crippen LogP contribution >= 0.6 is 0 Å². The second-order valence-electron chi connectivity index (χ2n) is 4.15. The number of para-hydroxylation sites is 2. The zero-order valence-electron chi connectivity index (χ0n) is 9.74. The molecule has 3 aromatic rings. The largest absolute Gasteiger partial charge is 0.198 e. The molecular weight excluding hydrogens is 210 g/mol. The number of rotatable bonds is 2. The summed E-state index contributed by atoms with van der Waals surface area (Å²) < 4.78 is 3.95. The molecule has 0 saturated carbocycles. The quantitative estimate of drug-likeness (QED) is 0.609. The summed E-state index contributed by atoms with van der Waals surface area (Å²) in [6.45, 7) is 0.808. The number of aromatic nitrogens is 3. The topological polar surface area (TPSA) is 21.7 Å². The van der Waals surface area contributed by atoms with Crippen LogP contribution in [0.4, 0.5) is 0 Å².